The highest BCUT2D eigenvalue weighted by atomic mass is 35.5. The Kier molecular flexibility index (Phi) is 4.56. The molecule has 1 fully saturated rings. The first-order chi connectivity index (χ1) is 12.2. The fourth-order valence-electron chi connectivity index (χ4n) is 3.51. The van der Waals surface area contributed by atoms with E-state index in [4.69, 9.17) is 26.3 Å². The third-order valence-corrected chi connectivity index (χ3v) is 4.99. The van der Waals surface area contributed by atoms with Gasteiger partial charge >= 0.3 is 0 Å². The number of anilines is 1. The van der Waals surface area contributed by atoms with E-state index in [0.717, 1.165) is 49.3 Å². The molecule has 1 saturated heterocycles. The van der Waals surface area contributed by atoms with Crippen molar-refractivity contribution in [1.82, 2.24) is 9.97 Å². The minimum Gasteiger partial charge on any atom is -0.360 e. The normalized spacial score (nSPS) is 20.0. The van der Waals surface area contributed by atoms with Crippen molar-refractivity contribution in [2.24, 2.45) is 0 Å². The van der Waals surface area contributed by atoms with Crippen LogP contribution in [0.4, 0.5) is 5.82 Å². The van der Waals surface area contributed by atoms with Gasteiger partial charge in [0.1, 0.15) is 5.82 Å². The molecule has 2 aromatic rings. The van der Waals surface area contributed by atoms with Crippen LogP contribution < -0.4 is 4.90 Å². The number of aromatic nitrogens is 2. The topological polar surface area (TPSA) is 62.0 Å². The molecule has 1 aromatic heterocycles. The van der Waals surface area contributed by atoms with Gasteiger partial charge < -0.3 is 9.64 Å². The van der Waals surface area contributed by atoms with E-state index in [2.05, 4.69) is 11.0 Å². The molecule has 0 N–H and O–H groups in total. The van der Waals surface area contributed by atoms with E-state index < -0.39 is 6.10 Å². The molecule has 2 heterocycles. The maximum Gasteiger partial charge on any atom is 0.161 e. The number of hydrogen-bond acceptors (Lipinski definition) is 5. The molecule has 25 heavy (non-hydrogen) atoms. The van der Waals surface area contributed by atoms with Gasteiger partial charge in [-0.1, -0.05) is 23.7 Å². The molecular formula is C19H19ClN4O. The summed E-state index contributed by atoms with van der Waals surface area (Å²) in [5.74, 6) is 1.67. The van der Waals surface area contributed by atoms with E-state index in [1.165, 1.54) is 5.56 Å². The van der Waals surface area contributed by atoms with Crippen LogP contribution in [0.25, 0.3) is 11.4 Å². The highest BCUT2D eigenvalue weighted by molar-refractivity contribution is 6.30. The van der Waals surface area contributed by atoms with Crippen LogP contribution in [0.3, 0.4) is 0 Å². The molecule has 1 unspecified atom stereocenters. The number of halogens is 1. The van der Waals surface area contributed by atoms with Crippen molar-refractivity contribution in [3.8, 4) is 17.5 Å². The van der Waals surface area contributed by atoms with Gasteiger partial charge in [0.2, 0.25) is 0 Å². The van der Waals surface area contributed by atoms with Crippen molar-refractivity contribution in [2.45, 2.75) is 31.8 Å². The van der Waals surface area contributed by atoms with Crippen LogP contribution in [-0.4, -0.2) is 35.8 Å². The Morgan fingerprint density at radius 1 is 1.24 bits per heavy atom. The summed E-state index contributed by atoms with van der Waals surface area (Å²) >= 11 is 6.15. The van der Waals surface area contributed by atoms with Crippen LogP contribution in [0.1, 0.15) is 24.1 Å². The predicted molar refractivity (Wildman–Crippen MR) is 96.7 cm³/mol. The van der Waals surface area contributed by atoms with E-state index in [0.29, 0.717) is 24.0 Å². The first kappa shape index (κ1) is 16.3. The molecular weight excluding hydrogens is 336 g/mol. The predicted octanol–water partition coefficient (Wildman–Crippen LogP) is 3.40. The van der Waals surface area contributed by atoms with E-state index in [1.807, 2.05) is 24.3 Å². The van der Waals surface area contributed by atoms with Gasteiger partial charge in [-0.05, 0) is 37.8 Å². The minimum atomic E-state index is -0.405. The monoisotopic (exact) mass is 354 g/mol. The van der Waals surface area contributed by atoms with Crippen LogP contribution in [0.5, 0.6) is 0 Å². The summed E-state index contributed by atoms with van der Waals surface area (Å²) in [5, 5.41) is 9.89. The Morgan fingerprint density at radius 2 is 2.12 bits per heavy atom. The van der Waals surface area contributed by atoms with Gasteiger partial charge in [0.05, 0.1) is 19.2 Å². The fraction of sp³-hybridized carbons (Fsp3) is 0.421. The smallest absolute Gasteiger partial charge is 0.161 e. The van der Waals surface area contributed by atoms with Gasteiger partial charge in [0, 0.05) is 28.4 Å². The molecule has 1 aliphatic carbocycles. The lowest BCUT2D eigenvalue weighted by molar-refractivity contribution is 0.0760. The Labute approximate surface area is 152 Å². The SMILES string of the molecule is N#CC1CN(c2nc(-c3cccc(Cl)c3)nc3c2CCCC3)CCO1. The van der Waals surface area contributed by atoms with Crippen LogP contribution in [0.15, 0.2) is 24.3 Å². The third kappa shape index (κ3) is 3.33. The summed E-state index contributed by atoms with van der Waals surface area (Å²) in [6, 6.07) is 9.86. The van der Waals surface area contributed by atoms with Crippen LogP contribution in [0.2, 0.25) is 5.02 Å². The first-order valence-corrected chi connectivity index (χ1v) is 9.04. The average Bonchev–Trinajstić information content (AvgIpc) is 2.67. The first-order valence-electron chi connectivity index (χ1n) is 8.66. The molecule has 4 rings (SSSR count). The molecule has 6 heteroatoms. The van der Waals surface area contributed by atoms with Crippen molar-refractivity contribution in [3.63, 3.8) is 0 Å². The Bertz CT molecular complexity index is 833. The zero-order chi connectivity index (χ0) is 17.2. The molecule has 0 amide bonds. The Balaban J connectivity index is 1.79. The average molecular weight is 355 g/mol. The molecule has 1 aromatic carbocycles. The molecule has 5 nitrogen and oxygen atoms in total. The molecule has 0 spiro atoms. The van der Waals surface area contributed by atoms with Crippen molar-refractivity contribution in [1.29, 1.82) is 5.26 Å². The molecule has 2 aliphatic rings. The molecule has 128 valence electrons. The number of ether oxygens (including phenoxy) is 1. The summed E-state index contributed by atoms with van der Waals surface area (Å²) in [7, 11) is 0. The molecule has 0 bridgehead atoms. The van der Waals surface area contributed by atoms with Gasteiger partial charge in [-0.3, -0.25) is 0 Å². The second-order valence-corrected chi connectivity index (χ2v) is 6.88. The maximum absolute atomic E-state index is 9.21. The zero-order valence-corrected chi connectivity index (χ0v) is 14.7. The lowest BCUT2D eigenvalue weighted by Crippen LogP contribution is -2.43. The zero-order valence-electron chi connectivity index (χ0n) is 13.9. The van der Waals surface area contributed by atoms with Crippen molar-refractivity contribution >= 4 is 17.4 Å². The summed E-state index contributed by atoms with van der Waals surface area (Å²) in [6.45, 7) is 1.84. The molecule has 1 atom stereocenters. The maximum atomic E-state index is 9.21. The van der Waals surface area contributed by atoms with E-state index in [-0.39, 0.29) is 0 Å². The number of benzene rings is 1. The number of morpholine rings is 1. The van der Waals surface area contributed by atoms with Crippen LogP contribution >= 0.6 is 11.6 Å². The number of nitrogens with zero attached hydrogens (tertiary/aromatic N) is 4. The summed E-state index contributed by atoms with van der Waals surface area (Å²) < 4.78 is 5.49. The van der Waals surface area contributed by atoms with E-state index >= 15 is 0 Å². The standard InChI is InChI=1S/C19H19ClN4O/c20-14-5-3-4-13(10-14)18-22-17-7-2-1-6-16(17)19(23-18)24-8-9-25-15(11-21)12-24/h3-5,10,15H,1-2,6-9,12H2. The number of aryl methyl sites for hydroxylation is 1. The van der Waals surface area contributed by atoms with Gasteiger partial charge in [-0.25, -0.2) is 9.97 Å². The number of rotatable bonds is 2. The molecule has 0 radical (unpaired) electrons. The quantitative estimate of drug-likeness (QED) is 0.827. The number of hydrogen-bond donors (Lipinski definition) is 0. The summed E-state index contributed by atoms with van der Waals surface area (Å²) in [4.78, 5) is 11.9. The lowest BCUT2D eigenvalue weighted by Gasteiger charge is -2.33. The molecule has 1 aliphatic heterocycles. The van der Waals surface area contributed by atoms with Crippen molar-refractivity contribution in [3.05, 3.63) is 40.5 Å². The highest BCUT2D eigenvalue weighted by Gasteiger charge is 2.26. The second kappa shape index (κ2) is 6.99. The van der Waals surface area contributed by atoms with E-state index in [9.17, 15) is 5.26 Å². The van der Waals surface area contributed by atoms with Crippen LogP contribution in [-0.2, 0) is 17.6 Å². The van der Waals surface area contributed by atoms with Gasteiger partial charge in [-0.2, -0.15) is 5.26 Å². The van der Waals surface area contributed by atoms with Gasteiger partial charge in [-0.15, -0.1) is 0 Å². The second-order valence-electron chi connectivity index (χ2n) is 6.45. The summed E-state index contributed by atoms with van der Waals surface area (Å²) in [5.41, 5.74) is 3.29. The highest BCUT2D eigenvalue weighted by Crippen LogP contribution is 2.32. The minimum absolute atomic E-state index is 0.405. The largest absolute Gasteiger partial charge is 0.360 e. The number of nitriles is 1. The fourth-order valence-corrected chi connectivity index (χ4v) is 3.70. The summed E-state index contributed by atoms with van der Waals surface area (Å²) in [6.07, 6.45) is 3.88. The number of fused-ring (bicyclic) bond motifs is 1. The Hall–Kier alpha value is -2.16. The molecule has 0 saturated carbocycles. The van der Waals surface area contributed by atoms with Gasteiger partial charge in [0.25, 0.3) is 0 Å². The van der Waals surface area contributed by atoms with Crippen LogP contribution in [0, 0.1) is 11.3 Å². The lowest BCUT2D eigenvalue weighted by atomic mass is 9.95. The van der Waals surface area contributed by atoms with Crippen molar-refractivity contribution < 1.29 is 4.74 Å². The van der Waals surface area contributed by atoms with Gasteiger partial charge in [0.15, 0.2) is 11.9 Å². The van der Waals surface area contributed by atoms with E-state index in [1.54, 1.807) is 0 Å². The Morgan fingerprint density at radius 3 is 2.96 bits per heavy atom. The third-order valence-electron chi connectivity index (χ3n) is 4.75. The van der Waals surface area contributed by atoms with Crippen molar-refractivity contribution in [2.75, 3.05) is 24.6 Å².